The van der Waals surface area contributed by atoms with Gasteiger partial charge < -0.3 is 9.80 Å². The van der Waals surface area contributed by atoms with Gasteiger partial charge in [-0.1, -0.05) is 24.3 Å². The summed E-state index contributed by atoms with van der Waals surface area (Å²) in [6.07, 6.45) is 2.58. The predicted octanol–water partition coefficient (Wildman–Crippen LogP) is 0.875. The van der Waals surface area contributed by atoms with Gasteiger partial charge in [0.15, 0.2) is 0 Å². The number of carbonyl (C=O) groups is 1. The average Bonchev–Trinajstić information content (AvgIpc) is 2.70. The molecule has 7 heteroatoms. The van der Waals surface area contributed by atoms with Crippen LogP contribution in [0.2, 0.25) is 0 Å². The molecule has 0 saturated carbocycles. The van der Waals surface area contributed by atoms with Crippen LogP contribution < -0.4 is 16.1 Å². The minimum atomic E-state index is -0.432. The van der Waals surface area contributed by atoms with Crippen LogP contribution in [0.4, 0.5) is 5.82 Å². The molecule has 3 heterocycles. The molecule has 1 fully saturated rings. The van der Waals surface area contributed by atoms with Gasteiger partial charge in [-0.15, -0.1) is 0 Å². The fourth-order valence-corrected chi connectivity index (χ4v) is 4.05. The zero-order valence-electron chi connectivity index (χ0n) is 15.5. The summed E-state index contributed by atoms with van der Waals surface area (Å²) in [5.74, 6) is 0.557. The number of nitrogens with zero attached hydrogens (tertiary/aromatic N) is 3. The first kappa shape index (κ1) is 17.6. The largest absolute Gasteiger partial charge is 0.357 e. The van der Waals surface area contributed by atoms with Crippen LogP contribution in [-0.4, -0.2) is 40.0 Å². The van der Waals surface area contributed by atoms with Crippen LogP contribution in [-0.2, 0) is 24.8 Å². The fourth-order valence-electron chi connectivity index (χ4n) is 4.05. The number of H-pyrrole nitrogens is 1. The van der Waals surface area contributed by atoms with Gasteiger partial charge >= 0.3 is 5.69 Å². The zero-order chi connectivity index (χ0) is 19.0. The molecule has 1 atom stereocenters. The topological polar surface area (TPSA) is 78.4 Å². The number of benzene rings is 1. The van der Waals surface area contributed by atoms with Crippen molar-refractivity contribution in [3.8, 4) is 0 Å². The third-order valence-electron chi connectivity index (χ3n) is 5.68. The number of aromatic nitrogens is 2. The van der Waals surface area contributed by atoms with E-state index in [-0.39, 0.29) is 17.4 Å². The van der Waals surface area contributed by atoms with Gasteiger partial charge in [0.05, 0.1) is 5.92 Å². The highest BCUT2D eigenvalue weighted by atomic mass is 16.2. The highest BCUT2D eigenvalue weighted by Gasteiger charge is 2.31. The molecule has 1 unspecified atom stereocenters. The standard InChI is InChI=1S/C20H24N4O3/c1-22-18(25)11-17(21-20(22)27)23-9-4-7-16(13-23)19(26)24-10-8-14-5-2-3-6-15(14)12-24/h2-3,5-6,11,16H,4,7-10,12-13H2,1H3,(H,21,27). The maximum Gasteiger partial charge on any atom is 0.329 e. The molecule has 0 bridgehead atoms. The molecule has 27 heavy (non-hydrogen) atoms. The van der Waals surface area contributed by atoms with Gasteiger partial charge in [0, 0.05) is 39.3 Å². The molecule has 1 aromatic carbocycles. The Morgan fingerprint density at radius 3 is 2.70 bits per heavy atom. The molecule has 0 radical (unpaired) electrons. The third-order valence-corrected chi connectivity index (χ3v) is 5.68. The second-order valence-electron chi connectivity index (χ2n) is 7.42. The van der Waals surface area contributed by atoms with Crippen molar-refractivity contribution < 1.29 is 4.79 Å². The maximum atomic E-state index is 13.1. The minimum Gasteiger partial charge on any atom is -0.357 e. The van der Waals surface area contributed by atoms with Gasteiger partial charge in [0.2, 0.25) is 5.91 Å². The predicted molar refractivity (Wildman–Crippen MR) is 103 cm³/mol. The molecule has 1 aromatic heterocycles. The van der Waals surface area contributed by atoms with Gasteiger partial charge in [0.1, 0.15) is 5.82 Å². The number of hydrogen-bond donors (Lipinski definition) is 1. The van der Waals surface area contributed by atoms with Crippen molar-refractivity contribution in [1.82, 2.24) is 14.5 Å². The van der Waals surface area contributed by atoms with E-state index in [4.69, 9.17) is 0 Å². The van der Waals surface area contributed by atoms with E-state index in [0.29, 0.717) is 18.9 Å². The van der Waals surface area contributed by atoms with Crippen molar-refractivity contribution in [3.05, 3.63) is 62.3 Å². The lowest BCUT2D eigenvalue weighted by Crippen LogP contribution is -2.47. The Morgan fingerprint density at radius 2 is 1.93 bits per heavy atom. The van der Waals surface area contributed by atoms with Crippen molar-refractivity contribution in [2.24, 2.45) is 13.0 Å². The smallest absolute Gasteiger partial charge is 0.329 e. The summed E-state index contributed by atoms with van der Waals surface area (Å²) in [6, 6.07) is 9.71. The van der Waals surface area contributed by atoms with Crippen LogP contribution in [0.15, 0.2) is 39.9 Å². The lowest BCUT2D eigenvalue weighted by atomic mass is 9.94. The molecule has 2 aliphatic rings. The molecule has 1 saturated heterocycles. The summed E-state index contributed by atoms with van der Waals surface area (Å²) < 4.78 is 1.04. The number of rotatable bonds is 2. The van der Waals surface area contributed by atoms with Crippen LogP contribution in [0.1, 0.15) is 24.0 Å². The number of nitrogens with one attached hydrogen (secondary N) is 1. The number of anilines is 1. The molecule has 1 N–H and O–H groups in total. The Labute approximate surface area is 157 Å². The third kappa shape index (κ3) is 3.41. The molecule has 2 aromatic rings. The van der Waals surface area contributed by atoms with Gasteiger partial charge in [-0.25, -0.2) is 4.79 Å². The lowest BCUT2D eigenvalue weighted by molar-refractivity contribution is -0.136. The van der Waals surface area contributed by atoms with Crippen molar-refractivity contribution in [2.45, 2.75) is 25.8 Å². The summed E-state index contributed by atoms with van der Waals surface area (Å²) >= 11 is 0. The Balaban J connectivity index is 1.49. The lowest BCUT2D eigenvalue weighted by Gasteiger charge is -2.37. The van der Waals surface area contributed by atoms with E-state index in [2.05, 4.69) is 17.1 Å². The van der Waals surface area contributed by atoms with E-state index in [1.54, 1.807) is 0 Å². The zero-order valence-corrected chi connectivity index (χ0v) is 15.5. The number of carbonyl (C=O) groups excluding carboxylic acids is 1. The second kappa shape index (κ2) is 7.06. The number of amides is 1. The fraction of sp³-hybridized carbons (Fsp3) is 0.450. The number of fused-ring (bicyclic) bond motifs is 1. The molecule has 142 valence electrons. The highest BCUT2D eigenvalue weighted by Crippen LogP contribution is 2.25. The van der Waals surface area contributed by atoms with Gasteiger partial charge in [-0.05, 0) is 30.4 Å². The van der Waals surface area contributed by atoms with E-state index in [0.717, 1.165) is 36.9 Å². The van der Waals surface area contributed by atoms with Crippen LogP contribution in [0.3, 0.4) is 0 Å². The Bertz CT molecular complexity index is 946. The minimum absolute atomic E-state index is 0.114. The number of hydrogen-bond acceptors (Lipinski definition) is 4. The summed E-state index contributed by atoms with van der Waals surface area (Å²) in [7, 11) is 1.45. The monoisotopic (exact) mass is 368 g/mol. The van der Waals surface area contributed by atoms with E-state index in [1.165, 1.54) is 24.2 Å². The summed E-state index contributed by atoms with van der Waals surface area (Å²) in [5, 5.41) is 0. The first-order valence-corrected chi connectivity index (χ1v) is 9.44. The van der Waals surface area contributed by atoms with Crippen molar-refractivity contribution in [2.75, 3.05) is 24.5 Å². The van der Waals surface area contributed by atoms with Crippen molar-refractivity contribution in [1.29, 1.82) is 0 Å². The number of piperidine rings is 1. The molecule has 0 aliphatic carbocycles. The van der Waals surface area contributed by atoms with Gasteiger partial charge in [-0.3, -0.25) is 19.1 Å². The van der Waals surface area contributed by atoms with Crippen LogP contribution in [0, 0.1) is 5.92 Å². The molecular formula is C20H24N4O3. The van der Waals surface area contributed by atoms with Crippen LogP contribution in [0.5, 0.6) is 0 Å². The highest BCUT2D eigenvalue weighted by molar-refractivity contribution is 5.80. The van der Waals surface area contributed by atoms with Crippen LogP contribution in [0.25, 0.3) is 0 Å². The van der Waals surface area contributed by atoms with Crippen LogP contribution >= 0.6 is 0 Å². The van der Waals surface area contributed by atoms with Gasteiger partial charge in [-0.2, -0.15) is 0 Å². The first-order chi connectivity index (χ1) is 13.0. The molecule has 7 nitrogen and oxygen atoms in total. The summed E-state index contributed by atoms with van der Waals surface area (Å²) in [4.78, 5) is 43.5. The van der Waals surface area contributed by atoms with E-state index in [9.17, 15) is 14.4 Å². The Kier molecular flexibility index (Phi) is 4.59. The first-order valence-electron chi connectivity index (χ1n) is 9.44. The van der Waals surface area contributed by atoms with E-state index >= 15 is 0 Å². The summed E-state index contributed by atoms with van der Waals surface area (Å²) in [6.45, 7) is 2.67. The quantitative estimate of drug-likeness (QED) is 0.853. The second-order valence-corrected chi connectivity index (χ2v) is 7.42. The van der Waals surface area contributed by atoms with Crippen molar-refractivity contribution in [3.63, 3.8) is 0 Å². The normalized spacial score (nSPS) is 19.7. The molecule has 2 aliphatic heterocycles. The molecular weight excluding hydrogens is 344 g/mol. The van der Waals surface area contributed by atoms with Gasteiger partial charge in [0.25, 0.3) is 5.56 Å². The Hall–Kier alpha value is -2.83. The maximum absolute atomic E-state index is 13.1. The number of aromatic amines is 1. The molecule has 0 spiro atoms. The SMILES string of the molecule is Cn1c(=O)cc(N2CCCC(C(=O)N3CCc4ccccc4C3)C2)[nH]c1=O. The van der Waals surface area contributed by atoms with Crippen molar-refractivity contribution >= 4 is 11.7 Å². The van der Waals surface area contributed by atoms with E-state index in [1.807, 2.05) is 21.9 Å². The Morgan fingerprint density at radius 1 is 1.15 bits per heavy atom. The average molecular weight is 368 g/mol. The molecule has 4 rings (SSSR count). The van der Waals surface area contributed by atoms with E-state index < -0.39 is 5.69 Å². The summed E-state index contributed by atoms with van der Waals surface area (Å²) in [5.41, 5.74) is 1.78. The molecule has 1 amide bonds.